The third kappa shape index (κ3) is 5.63. The lowest BCUT2D eigenvalue weighted by Crippen LogP contribution is -2.44. The van der Waals surface area contributed by atoms with Gasteiger partial charge in [-0.25, -0.2) is 4.39 Å². The molecule has 1 fully saturated rings. The maximum absolute atomic E-state index is 13.0. The number of rotatable bonds is 6. The minimum Gasteiger partial charge on any atom is -0.497 e. The molecule has 0 radical (unpaired) electrons. The van der Waals surface area contributed by atoms with Gasteiger partial charge in [-0.3, -0.25) is 4.90 Å². The van der Waals surface area contributed by atoms with Crippen LogP contribution in [0.5, 0.6) is 5.75 Å². The second-order valence-corrected chi connectivity index (χ2v) is 6.69. The van der Waals surface area contributed by atoms with Gasteiger partial charge in [0.1, 0.15) is 11.6 Å². The predicted molar refractivity (Wildman–Crippen MR) is 109 cm³/mol. The number of methoxy groups -OCH3 is 1. The minimum atomic E-state index is -0.272. The monoisotopic (exact) mass is 389 g/mol. The van der Waals surface area contributed by atoms with Crippen LogP contribution in [0.15, 0.2) is 48.5 Å². The van der Waals surface area contributed by atoms with E-state index in [9.17, 15) is 4.39 Å². The van der Waals surface area contributed by atoms with Crippen LogP contribution in [0.1, 0.15) is 11.6 Å². The highest BCUT2D eigenvalue weighted by Gasteiger charge is 2.22. The summed E-state index contributed by atoms with van der Waals surface area (Å²) in [5.41, 5.74) is 1.94. The Morgan fingerprint density at radius 1 is 1.15 bits per heavy atom. The zero-order chi connectivity index (χ0) is 19.1. The molecule has 2 N–H and O–H groups in total. The van der Waals surface area contributed by atoms with Gasteiger partial charge in [-0.15, -0.1) is 0 Å². The van der Waals surface area contributed by atoms with Crippen LogP contribution in [0, 0.1) is 5.82 Å². The SMILES string of the molecule is COc1ccc(C(CNC(=S)Nc2ccc(F)cc2)N2CCOCC2)cc1. The second-order valence-electron chi connectivity index (χ2n) is 6.28. The maximum atomic E-state index is 13.0. The molecule has 27 heavy (non-hydrogen) atoms. The molecule has 0 amide bonds. The van der Waals surface area contributed by atoms with Crippen LogP contribution < -0.4 is 15.4 Å². The number of nitrogens with zero attached hydrogens (tertiary/aromatic N) is 1. The van der Waals surface area contributed by atoms with E-state index in [0.29, 0.717) is 11.7 Å². The Morgan fingerprint density at radius 3 is 2.44 bits per heavy atom. The van der Waals surface area contributed by atoms with E-state index in [2.05, 4.69) is 27.7 Å². The van der Waals surface area contributed by atoms with Crippen LogP contribution in [-0.2, 0) is 4.74 Å². The summed E-state index contributed by atoms with van der Waals surface area (Å²) in [6.45, 7) is 3.85. The van der Waals surface area contributed by atoms with E-state index < -0.39 is 0 Å². The molecule has 1 atom stereocenters. The Labute approximate surface area is 164 Å². The average molecular weight is 389 g/mol. The summed E-state index contributed by atoms with van der Waals surface area (Å²) in [4.78, 5) is 2.39. The van der Waals surface area contributed by atoms with Crippen molar-refractivity contribution in [1.29, 1.82) is 0 Å². The van der Waals surface area contributed by atoms with Crippen molar-refractivity contribution in [3.63, 3.8) is 0 Å². The Morgan fingerprint density at radius 2 is 1.81 bits per heavy atom. The zero-order valence-electron chi connectivity index (χ0n) is 15.3. The van der Waals surface area contributed by atoms with E-state index >= 15 is 0 Å². The molecule has 144 valence electrons. The van der Waals surface area contributed by atoms with Gasteiger partial charge < -0.3 is 20.1 Å². The summed E-state index contributed by atoms with van der Waals surface area (Å²) in [5, 5.41) is 6.88. The first-order chi connectivity index (χ1) is 13.2. The van der Waals surface area contributed by atoms with Crippen molar-refractivity contribution in [2.45, 2.75) is 6.04 Å². The number of halogens is 1. The van der Waals surface area contributed by atoms with Crippen molar-refractivity contribution >= 4 is 23.0 Å². The summed E-state index contributed by atoms with van der Waals surface area (Å²) >= 11 is 5.40. The second kappa shape index (κ2) is 9.64. The Bertz CT molecular complexity index is 734. The molecule has 2 aromatic carbocycles. The number of ether oxygens (including phenoxy) is 2. The lowest BCUT2D eigenvalue weighted by atomic mass is 10.0. The lowest BCUT2D eigenvalue weighted by Gasteiger charge is -2.35. The maximum Gasteiger partial charge on any atom is 0.170 e. The highest BCUT2D eigenvalue weighted by Crippen LogP contribution is 2.23. The lowest BCUT2D eigenvalue weighted by molar-refractivity contribution is 0.0170. The molecular formula is C20H24FN3O2S. The highest BCUT2D eigenvalue weighted by atomic mass is 32.1. The Kier molecular flexibility index (Phi) is 6.98. The highest BCUT2D eigenvalue weighted by molar-refractivity contribution is 7.80. The quantitative estimate of drug-likeness (QED) is 0.740. The van der Waals surface area contributed by atoms with Crippen molar-refractivity contribution in [1.82, 2.24) is 10.2 Å². The van der Waals surface area contributed by atoms with E-state index in [1.54, 1.807) is 19.2 Å². The fraction of sp³-hybridized carbons (Fsp3) is 0.350. The number of nitrogens with one attached hydrogen (secondary N) is 2. The van der Waals surface area contributed by atoms with Gasteiger partial charge in [0.05, 0.1) is 26.4 Å². The predicted octanol–water partition coefficient (Wildman–Crippen LogP) is 3.19. The van der Waals surface area contributed by atoms with Gasteiger partial charge in [-0.1, -0.05) is 12.1 Å². The number of thiocarbonyl (C=S) groups is 1. The van der Waals surface area contributed by atoms with Gasteiger partial charge in [0, 0.05) is 25.3 Å². The van der Waals surface area contributed by atoms with Crippen molar-refractivity contribution in [3.05, 3.63) is 59.9 Å². The topological polar surface area (TPSA) is 45.8 Å². The van der Waals surface area contributed by atoms with E-state index in [0.717, 1.165) is 37.7 Å². The third-order valence-electron chi connectivity index (χ3n) is 4.55. The molecule has 0 bridgehead atoms. The van der Waals surface area contributed by atoms with Crippen LogP contribution in [0.4, 0.5) is 10.1 Å². The van der Waals surface area contributed by atoms with Gasteiger partial charge in [-0.05, 0) is 54.2 Å². The Balaban J connectivity index is 1.64. The molecule has 7 heteroatoms. The van der Waals surface area contributed by atoms with E-state index in [1.807, 2.05) is 12.1 Å². The van der Waals surface area contributed by atoms with Gasteiger partial charge >= 0.3 is 0 Å². The molecular weight excluding hydrogens is 365 g/mol. The van der Waals surface area contributed by atoms with Gasteiger partial charge in [0.15, 0.2) is 5.11 Å². The molecule has 0 aromatic heterocycles. The zero-order valence-corrected chi connectivity index (χ0v) is 16.1. The van der Waals surface area contributed by atoms with Gasteiger partial charge in [0.25, 0.3) is 0 Å². The molecule has 1 unspecified atom stereocenters. The number of anilines is 1. The number of hydrogen-bond donors (Lipinski definition) is 2. The van der Waals surface area contributed by atoms with Crippen molar-refractivity contribution in [2.24, 2.45) is 0 Å². The van der Waals surface area contributed by atoms with E-state index in [1.165, 1.54) is 17.7 Å². The smallest absolute Gasteiger partial charge is 0.170 e. The summed E-state index contributed by atoms with van der Waals surface area (Å²) in [6.07, 6.45) is 0. The molecule has 5 nitrogen and oxygen atoms in total. The molecule has 0 spiro atoms. The van der Waals surface area contributed by atoms with Crippen molar-refractivity contribution in [2.75, 3.05) is 45.3 Å². The molecule has 1 aliphatic rings. The summed E-state index contributed by atoms with van der Waals surface area (Å²) in [6, 6.07) is 14.4. The molecule has 2 aromatic rings. The number of hydrogen-bond acceptors (Lipinski definition) is 4. The largest absolute Gasteiger partial charge is 0.497 e. The molecule has 1 saturated heterocycles. The minimum absolute atomic E-state index is 0.160. The first-order valence-electron chi connectivity index (χ1n) is 8.92. The van der Waals surface area contributed by atoms with Crippen LogP contribution in [-0.4, -0.2) is 50.0 Å². The molecule has 1 heterocycles. The van der Waals surface area contributed by atoms with Crippen LogP contribution in [0.25, 0.3) is 0 Å². The summed E-state index contributed by atoms with van der Waals surface area (Å²) < 4.78 is 23.8. The number of benzene rings is 2. The first kappa shape index (κ1) is 19.5. The summed E-state index contributed by atoms with van der Waals surface area (Å²) in [7, 11) is 1.66. The van der Waals surface area contributed by atoms with Crippen LogP contribution in [0.2, 0.25) is 0 Å². The average Bonchev–Trinajstić information content (AvgIpc) is 2.71. The van der Waals surface area contributed by atoms with Gasteiger partial charge in [-0.2, -0.15) is 0 Å². The summed E-state index contributed by atoms with van der Waals surface area (Å²) in [5.74, 6) is 0.562. The van der Waals surface area contributed by atoms with Crippen LogP contribution in [0.3, 0.4) is 0 Å². The van der Waals surface area contributed by atoms with Crippen molar-refractivity contribution in [3.8, 4) is 5.75 Å². The van der Waals surface area contributed by atoms with Crippen LogP contribution >= 0.6 is 12.2 Å². The van der Waals surface area contributed by atoms with E-state index in [4.69, 9.17) is 21.7 Å². The fourth-order valence-electron chi connectivity index (χ4n) is 3.07. The van der Waals surface area contributed by atoms with E-state index in [-0.39, 0.29) is 11.9 Å². The molecule has 1 aliphatic heterocycles. The first-order valence-corrected chi connectivity index (χ1v) is 9.32. The normalized spacial score (nSPS) is 15.8. The fourth-order valence-corrected chi connectivity index (χ4v) is 3.27. The molecule has 3 rings (SSSR count). The molecule has 0 saturated carbocycles. The Hall–Kier alpha value is -2.22. The van der Waals surface area contributed by atoms with Crippen molar-refractivity contribution < 1.29 is 13.9 Å². The van der Waals surface area contributed by atoms with Gasteiger partial charge in [0.2, 0.25) is 0 Å². The molecule has 0 aliphatic carbocycles. The number of morpholine rings is 1. The third-order valence-corrected chi connectivity index (χ3v) is 4.79. The standard InChI is InChI=1S/C20H24FN3O2S/c1-25-18-8-2-15(3-9-18)19(24-10-12-26-13-11-24)14-22-20(27)23-17-6-4-16(21)5-7-17/h2-9,19H,10-14H2,1H3,(H2,22,23,27).